The Morgan fingerprint density at radius 1 is 1.44 bits per heavy atom. The van der Waals surface area contributed by atoms with E-state index >= 15 is 0 Å². The van der Waals surface area contributed by atoms with E-state index in [2.05, 4.69) is 16.9 Å². The van der Waals surface area contributed by atoms with E-state index in [0.717, 1.165) is 4.68 Å². The zero-order chi connectivity index (χ0) is 13.0. The van der Waals surface area contributed by atoms with Crippen LogP contribution in [0.15, 0.2) is 41.7 Å². The van der Waals surface area contributed by atoms with Crippen LogP contribution < -0.4 is 5.56 Å². The minimum Gasteiger partial charge on any atom is -0.442 e. The van der Waals surface area contributed by atoms with Gasteiger partial charge in [0.2, 0.25) is 0 Å². The lowest BCUT2D eigenvalue weighted by Gasteiger charge is -2.05. The third-order valence-corrected chi connectivity index (χ3v) is 2.29. The van der Waals surface area contributed by atoms with Crippen LogP contribution in [0.25, 0.3) is 10.9 Å². The number of hydrogen-bond donors (Lipinski definition) is 0. The van der Waals surface area contributed by atoms with Crippen LogP contribution >= 0.6 is 0 Å². The highest BCUT2D eigenvalue weighted by Gasteiger charge is 2.06. The molecule has 0 saturated carbocycles. The third-order valence-electron chi connectivity index (χ3n) is 2.29. The third kappa shape index (κ3) is 2.42. The minimum atomic E-state index is -0.466. The minimum absolute atomic E-state index is 0.0930. The van der Waals surface area contributed by atoms with E-state index in [4.69, 9.17) is 4.74 Å². The molecule has 0 radical (unpaired) electrons. The highest BCUT2D eigenvalue weighted by atomic mass is 16.5. The van der Waals surface area contributed by atoms with Crippen molar-refractivity contribution in [1.82, 2.24) is 15.0 Å². The van der Waals surface area contributed by atoms with Crippen molar-refractivity contribution < 1.29 is 9.53 Å². The maximum absolute atomic E-state index is 11.9. The first-order chi connectivity index (χ1) is 8.72. The smallest absolute Gasteiger partial charge is 0.311 e. The monoisotopic (exact) mass is 245 g/mol. The number of benzene rings is 1. The van der Waals surface area contributed by atoms with Crippen molar-refractivity contribution in [2.75, 3.05) is 0 Å². The molecule has 2 aromatic rings. The Labute approximate surface area is 102 Å². The first-order valence-corrected chi connectivity index (χ1v) is 5.31. The lowest BCUT2D eigenvalue weighted by molar-refractivity contribution is -0.147. The molecule has 2 rings (SSSR count). The van der Waals surface area contributed by atoms with Gasteiger partial charge in [0.05, 0.1) is 11.8 Å². The summed E-state index contributed by atoms with van der Waals surface area (Å²) in [6.07, 6.45) is 1.52. The van der Waals surface area contributed by atoms with E-state index in [0.29, 0.717) is 10.9 Å². The van der Waals surface area contributed by atoms with E-state index in [1.807, 2.05) is 0 Å². The quantitative estimate of drug-likeness (QED) is 0.590. The standard InChI is InChI=1S/C12H11N3O3/c1-2-5-11(16)18-8-15-12(17)9-6-3-4-7-10(9)13-14-15/h2-4,6-7H,1,5,8H2. The number of aromatic nitrogens is 3. The van der Waals surface area contributed by atoms with Crippen LogP contribution in [0.1, 0.15) is 6.42 Å². The Kier molecular flexibility index (Phi) is 3.47. The topological polar surface area (TPSA) is 74.1 Å². The van der Waals surface area contributed by atoms with Gasteiger partial charge in [-0.15, -0.1) is 11.7 Å². The van der Waals surface area contributed by atoms with Crippen LogP contribution in [0, 0.1) is 0 Å². The fraction of sp³-hybridized carbons (Fsp3) is 0.167. The number of rotatable bonds is 4. The maximum atomic E-state index is 11.9. The molecule has 0 atom stereocenters. The summed E-state index contributed by atoms with van der Waals surface area (Å²) in [7, 11) is 0. The number of hydrogen-bond acceptors (Lipinski definition) is 5. The van der Waals surface area contributed by atoms with Gasteiger partial charge in [0.15, 0.2) is 6.73 Å². The SMILES string of the molecule is C=CCC(=O)OCn1nnc2ccccc2c1=O. The molecule has 0 bridgehead atoms. The number of ether oxygens (including phenoxy) is 1. The molecule has 0 spiro atoms. The largest absolute Gasteiger partial charge is 0.442 e. The molecule has 0 aliphatic carbocycles. The molecule has 92 valence electrons. The van der Waals surface area contributed by atoms with Gasteiger partial charge in [0.25, 0.3) is 5.56 Å². The molecule has 0 aliphatic rings. The van der Waals surface area contributed by atoms with Crippen molar-refractivity contribution in [2.45, 2.75) is 13.2 Å². The fourth-order valence-electron chi connectivity index (χ4n) is 1.42. The molecule has 0 unspecified atom stereocenters. The van der Waals surface area contributed by atoms with Gasteiger partial charge in [0.1, 0.15) is 5.52 Å². The zero-order valence-corrected chi connectivity index (χ0v) is 9.57. The van der Waals surface area contributed by atoms with Crippen LogP contribution in [0.5, 0.6) is 0 Å². The summed E-state index contributed by atoms with van der Waals surface area (Å²) < 4.78 is 5.85. The normalized spacial score (nSPS) is 10.2. The van der Waals surface area contributed by atoms with Crippen molar-refractivity contribution in [2.24, 2.45) is 0 Å². The van der Waals surface area contributed by atoms with E-state index in [-0.39, 0.29) is 18.7 Å². The second kappa shape index (κ2) is 5.22. The molecule has 6 heteroatoms. The Bertz CT molecular complexity index is 648. The Morgan fingerprint density at radius 2 is 2.22 bits per heavy atom. The van der Waals surface area contributed by atoms with Gasteiger partial charge in [-0.1, -0.05) is 23.4 Å². The lowest BCUT2D eigenvalue weighted by Crippen LogP contribution is -2.26. The number of fused-ring (bicyclic) bond motifs is 1. The van der Waals surface area contributed by atoms with Crippen LogP contribution in [0.2, 0.25) is 0 Å². The van der Waals surface area contributed by atoms with E-state index in [9.17, 15) is 9.59 Å². The highest BCUT2D eigenvalue weighted by Crippen LogP contribution is 2.03. The summed E-state index contributed by atoms with van der Waals surface area (Å²) in [5, 5.41) is 7.99. The molecular formula is C12H11N3O3. The van der Waals surface area contributed by atoms with Crippen molar-refractivity contribution in [3.05, 3.63) is 47.3 Å². The Hall–Kier alpha value is -2.50. The number of nitrogens with zero attached hydrogens (tertiary/aromatic N) is 3. The molecule has 18 heavy (non-hydrogen) atoms. The predicted molar refractivity (Wildman–Crippen MR) is 64.7 cm³/mol. The van der Waals surface area contributed by atoms with E-state index < -0.39 is 5.97 Å². The molecule has 0 N–H and O–H groups in total. The summed E-state index contributed by atoms with van der Waals surface area (Å²) in [5.41, 5.74) is 0.170. The molecule has 6 nitrogen and oxygen atoms in total. The van der Waals surface area contributed by atoms with Crippen molar-refractivity contribution in [3.8, 4) is 0 Å². The van der Waals surface area contributed by atoms with Gasteiger partial charge >= 0.3 is 5.97 Å². The Balaban J connectivity index is 2.24. The van der Waals surface area contributed by atoms with Gasteiger partial charge in [0, 0.05) is 0 Å². The molecular weight excluding hydrogens is 234 g/mol. The number of esters is 1. The van der Waals surface area contributed by atoms with Crippen LogP contribution in [-0.2, 0) is 16.3 Å². The first-order valence-electron chi connectivity index (χ1n) is 5.31. The zero-order valence-electron chi connectivity index (χ0n) is 9.57. The van der Waals surface area contributed by atoms with Gasteiger partial charge in [-0.3, -0.25) is 9.59 Å². The van der Waals surface area contributed by atoms with Crippen LogP contribution in [0.3, 0.4) is 0 Å². The van der Waals surface area contributed by atoms with Crippen LogP contribution in [0.4, 0.5) is 0 Å². The number of carbonyl (C=O) groups excluding carboxylic acids is 1. The molecule has 0 fully saturated rings. The molecule has 1 aromatic heterocycles. The van der Waals surface area contributed by atoms with Crippen LogP contribution in [-0.4, -0.2) is 21.0 Å². The second-order valence-corrected chi connectivity index (χ2v) is 3.55. The van der Waals surface area contributed by atoms with Gasteiger partial charge in [-0.05, 0) is 12.1 Å². The first kappa shape index (κ1) is 12.0. The second-order valence-electron chi connectivity index (χ2n) is 3.55. The summed E-state index contributed by atoms with van der Waals surface area (Å²) in [6, 6.07) is 6.84. The fourth-order valence-corrected chi connectivity index (χ4v) is 1.42. The van der Waals surface area contributed by atoms with Crippen molar-refractivity contribution in [1.29, 1.82) is 0 Å². The molecule has 0 aliphatic heterocycles. The summed E-state index contributed by atoms with van der Waals surface area (Å²) in [4.78, 5) is 23.1. The summed E-state index contributed by atoms with van der Waals surface area (Å²) >= 11 is 0. The summed E-state index contributed by atoms with van der Waals surface area (Å²) in [6.45, 7) is 3.17. The Morgan fingerprint density at radius 3 is 3.00 bits per heavy atom. The van der Waals surface area contributed by atoms with Gasteiger partial charge < -0.3 is 4.74 Å². The molecule has 0 saturated heterocycles. The van der Waals surface area contributed by atoms with Crippen molar-refractivity contribution in [3.63, 3.8) is 0 Å². The number of carbonyl (C=O) groups is 1. The van der Waals surface area contributed by atoms with Crippen molar-refractivity contribution >= 4 is 16.9 Å². The molecule has 1 heterocycles. The van der Waals surface area contributed by atoms with Gasteiger partial charge in [-0.2, -0.15) is 4.68 Å². The van der Waals surface area contributed by atoms with E-state index in [1.54, 1.807) is 24.3 Å². The summed E-state index contributed by atoms with van der Waals surface area (Å²) in [5.74, 6) is -0.466. The van der Waals surface area contributed by atoms with Gasteiger partial charge in [-0.25, -0.2) is 0 Å². The lowest BCUT2D eigenvalue weighted by atomic mass is 10.2. The molecule has 1 aromatic carbocycles. The average molecular weight is 245 g/mol. The molecule has 0 amide bonds. The highest BCUT2D eigenvalue weighted by molar-refractivity contribution is 5.76. The van der Waals surface area contributed by atoms with E-state index in [1.165, 1.54) is 6.08 Å². The average Bonchev–Trinajstić information content (AvgIpc) is 2.39. The maximum Gasteiger partial charge on any atom is 0.311 e. The predicted octanol–water partition coefficient (Wildman–Crippen LogP) is 0.868.